The van der Waals surface area contributed by atoms with Crippen molar-refractivity contribution in [3.05, 3.63) is 11.4 Å². The molecule has 0 heterocycles. The summed E-state index contributed by atoms with van der Waals surface area (Å²) in [6.07, 6.45) is -0.315. The van der Waals surface area contributed by atoms with Crippen LogP contribution in [0, 0.1) is 6.57 Å². The zero-order valence-electron chi connectivity index (χ0n) is 8.37. The van der Waals surface area contributed by atoms with Crippen molar-refractivity contribution >= 4 is 6.09 Å². The van der Waals surface area contributed by atoms with Crippen molar-refractivity contribution < 1.29 is 9.90 Å². The molecule has 0 aliphatic rings. The number of carbonyl (C=O) groups is 1. The first-order valence-corrected chi connectivity index (χ1v) is 4.23. The molecule has 0 aromatic carbocycles. The molecule has 0 aromatic heterocycles. The number of amides is 1. The average molecular weight is 184 g/mol. The van der Waals surface area contributed by atoms with Crippen molar-refractivity contribution in [3.8, 4) is 0 Å². The topological polar surface area (TPSA) is 44.9 Å². The normalized spacial score (nSPS) is 10.6. The van der Waals surface area contributed by atoms with E-state index in [1.54, 1.807) is 0 Å². The van der Waals surface area contributed by atoms with Gasteiger partial charge in [-0.3, -0.25) is 0 Å². The Bertz CT molecular complexity index is 213. The molecule has 1 N–H and O–H groups in total. The van der Waals surface area contributed by atoms with E-state index in [9.17, 15) is 4.79 Å². The molecule has 0 aliphatic carbocycles. The van der Waals surface area contributed by atoms with Gasteiger partial charge in [0, 0.05) is 18.5 Å². The Kier molecular flexibility index (Phi) is 4.26. The standard InChI is InChI=1S/C9H16N2O2/c1-9(2,3)11(8(12)13)7-5-6-10-4/h5-7H2,1-3H3,(H,12,13). The van der Waals surface area contributed by atoms with Gasteiger partial charge in [-0.05, 0) is 20.8 Å². The lowest BCUT2D eigenvalue weighted by atomic mass is 10.1. The van der Waals surface area contributed by atoms with Crippen molar-refractivity contribution in [1.82, 2.24) is 4.90 Å². The number of carboxylic acid groups (broad SMARTS) is 1. The van der Waals surface area contributed by atoms with Gasteiger partial charge < -0.3 is 14.9 Å². The van der Waals surface area contributed by atoms with Gasteiger partial charge >= 0.3 is 6.09 Å². The van der Waals surface area contributed by atoms with E-state index < -0.39 is 6.09 Å². The Hall–Kier alpha value is -1.24. The van der Waals surface area contributed by atoms with E-state index in [0.717, 1.165) is 0 Å². The monoisotopic (exact) mass is 184 g/mol. The van der Waals surface area contributed by atoms with Crippen LogP contribution in [0.25, 0.3) is 4.85 Å². The first-order chi connectivity index (χ1) is 5.89. The minimum absolute atomic E-state index is 0.381. The Morgan fingerprint density at radius 2 is 2.08 bits per heavy atom. The van der Waals surface area contributed by atoms with Gasteiger partial charge in [-0.25, -0.2) is 11.4 Å². The molecule has 0 fully saturated rings. The number of nitrogens with zero attached hydrogens (tertiary/aromatic N) is 2. The fourth-order valence-corrected chi connectivity index (χ4v) is 1.03. The van der Waals surface area contributed by atoms with Crippen LogP contribution in [0.1, 0.15) is 27.2 Å². The molecule has 13 heavy (non-hydrogen) atoms. The molecule has 4 heteroatoms. The highest BCUT2D eigenvalue weighted by molar-refractivity contribution is 5.65. The van der Waals surface area contributed by atoms with E-state index in [1.165, 1.54) is 4.90 Å². The molecule has 4 nitrogen and oxygen atoms in total. The summed E-state index contributed by atoms with van der Waals surface area (Å²) in [5, 5.41) is 8.86. The molecule has 0 aromatic rings. The van der Waals surface area contributed by atoms with Gasteiger partial charge in [0.1, 0.15) is 0 Å². The number of hydrogen-bond donors (Lipinski definition) is 1. The lowest BCUT2D eigenvalue weighted by Crippen LogP contribution is -2.45. The van der Waals surface area contributed by atoms with E-state index in [1.807, 2.05) is 20.8 Å². The summed E-state index contributed by atoms with van der Waals surface area (Å²) in [6, 6.07) is 0. The van der Waals surface area contributed by atoms with Gasteiger partial charge in [-0.15, -0.1) is 0 Å². The van der Waals surface area contributed by atoms with E-state index >= 15 is 0 Å². The Morgan fingerprint density at radius 3 is 2.38 bits per heavy atom. The predicted octanol–water partition coefficient (Wildman–Crippen LogP) is 2.07. The van der Waals surface area contributed by atoms with Crippen molar-refractivity contribution in [3.63, 3.8) is 0 Å². The summed E-state index contributed by atoms with van der Waals surface area (Å²) in [5.74, 6) is 0. The van der Waals surface area contributed by atoms with Crippen LogP contribution in [0.15, 0.2) is 0 Å². The second kappa shape index (κ2) is 4.70. The molecule has 0 saturated carbocycles. The maximum Gasteiger partial charge on any atom is 0.407 e. The summed E-state index contributed by atoms with van der Waals surface area (Å²) in [6.45, 7) is 12.9. The molecule has 0 bridgehead atoms. The van der Waals surface area contributed by atoms with Gasteiger partial charge in [-0.1, -0.05) is 0 Å². The van der Waals surface area contributed by atoms with Gasteiger partial charge in [0.25, 0.3) is 0 Å². The van der Waals surface area contributed by atoms with Crippen molar-refractivity contribution in [2.45, 2.75) is 32.7 Å². The van der Waals surface area contributed by atoms with Gasteiger partial charge in [0.05, 0.1) is 0 Å². The smallest absolute Gasteiger partial charge is 0.407 e. The first kappa shape index (κ1) is 11.8. The van der Waals surface area contributed by atoms with Crippen molar-refractivity contribution in [2.24, 2.45) is 0 Å². The highest BCUT2D eigenvalue weighted by atomic mass is 16.4. The lowest BCUT2D eigenvalue weighted by molar-refractivity contribution is 0.100. The maximum absolute atomic E-state index is 10.8. The van der Waals surface area contributed by atoms with Crippen LogP contribution in [0.2, 0.25) is 0 Å². The van der Waals surface area contributed by atoms with Gasteiger partial charge in [-0.2, -0.15) is 0 Å². The molecule has 0 unspecified atom stereocenters. The highest BCUT2D eigenvalue weighted by Crippen LogP contribution is 2.13. The zero-order valence-corrected chi connectivity index (χ0v) is 8.37. The van der Waals surface area contributed by atoms with Crippen LogP contribution < -0.4 is 0 Å². The highest BCUT2D eigenvalue weighted by Gasteiger charge is 2.25. The second-order valence-electron chi connectivity index (χ2n) is 3.84. The summed E-state index contributed by atoms with van der Waals surface area (Å²) in [7, 11) is 0. The molecule has 0 atom stereocenters. The summed E-state index contributed by atoms with van der Waals surface area (Å²) in [4.78, 5) is 15.3. The zero-order chi connectivity index (χ0) is 10.5. The summed E-state index contributed by atoms with van der Waals surface area (Å²) < 4.78 is 0. The SMILES string of the molecule is [C-]#[N+]CCCN(C(=O)O)C(C)(C)C. The van der Waals surface area contributed by atoms with E-state index in [2.05, 4.69) is 4.85 Å². The molecular weight excluding hydrogens is 168 g/mol. The maximum atomic E-state index is 10.8. The van der Waals surface area contributed by atoms with E-state index in [0.29, 0.717) is 19.5 Å². The Balaban J connectivity index is 4.14. The van der Waals surface area contributed by atoms with Crippen LogP contribution in [0.4, 0.5) is 4.79 Å². The van der Waals surface area contributed by atoms with Crippen LogP contribution >= 0.6 is 0 Å². The predicted molar refractivity (Wildman–Crippen MR) is 50.6 cm³/mol. The van der Waals surface area contributed by atoms with Crippen molar-refractivity contribution in [2.75, 3.05) is 13.1 Å². The second-order valence-corrected chi connectivity index (χ2v) is 3.84. The summed E-state index contributed by atoms with van der Waals surface area (Å²) in [5.41, 5.74) is -0.381. The minimum Gasteiger partial charge on any atom is -0.465 e. The number of rotatable bonds is 3. The molecule has 0 saturated heterocycles. The van der Waals surface area contributed by atoms with Gasteiger partial charge in [0.2, 0.25) is 6.54 Å². The fourth-order valence-electron chi connectivity index (χ4n) is 1.03. The Morgan fingerprint density at radius 1 is 1.54 bits per heavy atom. The quantitative estimate of drug-likeness (QED) is 0.539. The van der Waals surface area contributed by atoms with Crippen LogP contribution in [-0.4, -0.2) is 34.7 Å². The Labute approximate surface area is 79.0 Å². The lowest BCUT2D eigenvalue weighted by Gasteiger charge is -2.32. The molecule has 0 radical (unpaired) electrons. The average Bonchev–Trinajstić information content (AvgIpc) is 1.94. The van der Waals surface area contributed by atoms with Crippen LogP contribution in [0.3, 0.4) is 0 Å². The molecular formula is C9H16N2O2. The largest absolute Gasteiger partial charge is 0.465 e. The molecule has 0 aliphatic heterocycles. The van der Waals surface area contributed by atoms with E-state index in [4.69, 9.17) is 11.7 Å². The van der Waals surface area contributed by atoms with Crippen LogP contribution in [-0.2, 0) is 0 Å². The fraction of sp³-hybridized carbons (Fsp3) is 0.778. The molecule has 74 valence electrons. The molecule has 0 rings (SSSR count). The first-order valence-electron chi connectivity index (χ1n) is 4.23. The van der Waals surface area contributed by atoms with E-state index in [-0.39, 0.29) is 5.54 Å². The summed E-state index contributed by atoms with van der Waals surface area (Å²) >= 11 is 0. The molecule has 0 spiro atoms. The van der Waals surface area contributed by atoms with Crippen molar-refractivity contribution in [1.29, 1.82) is 0 Å². The number of hydrogen-bond acceptors (Lipinski definition) is 1. The molecule has 1 amide bonds. The third-order valence-corrected chi connectivity index (χ3v) is 1.69. The minimum atomic E-state index is -0.919. The van der Waals surface area contributed by atoms with Crippen LogP contribution in [0.5, 0.6) is 0 Å². The third-order valence-electron chi connectivity index (χ3n) is 1.69. The van der Waals surface area contributed by atoms with Gasteiger partial charge in [0.15, 0.2) is 0 Å². The third kappa shape index (κ3) is 4.36.